The van der Waals surface area contributed by atoms with Crippen LogP contribution in [0.25, 0.3) is 11.1 Å². The van der Waals surface area contributed by atoms with Gasteiger partial charge in [0.15, 0.2) is 0 Å². The highest BCUT2D eigenvalue weighted by molar-refractivity contribution is 7.91. The minimum atomic E-state index is -1.20. The van der Waals surface area contributed by atoms with Gasteiger partial charge in [-0.1, -0.05) is 18.2 Å². The van der Waals surface area contributed by atoms with Gasteiger partial charge in [-0.3, -0.25) is 4.90 Å². The molecule has 3 unspecified atom stereocenters. The lowest BCUT2D eigenvalue weighted by Gasteiger charge is -2.25. The van der Waals surface area contributed by atoms with Crippen molar-refractivity contribution in [3.8, 4) is 11.1 Å². The highest BCUT2D eigenvalue weighted by Gasteiger charge is 2.40. The molecule has 0 radical (unpaired) electrons. The standard InChI is InChI=1S/C18H18F4N2OS/c1-24-9-15(21)18(23-26-25)16(24)7-10-3-2-4-14(17(10)22)11-5-12(19)8-13(20)6-11/h2-6,8,15-16,18,23,25H,7,9H2,1H3. The third-order valence-electron chi connectivity index (χ3n) is 4.70. The summed E-state index contributed by atoms with van der Waals surface area (Å²) in [6, 6.07) is 6.43. The minimum Gasteiger partial charge on any atom is -0.317 e. The Hall–Kier alpha value is -1.61. The molecule has 8 heteroatoms. The molecule has 0 spiro atoms. The van der Waals surface area contributed by atoms with Crippen LogP contribution in [0.15, 0.2) is 36.4 Å². The zero-order valence-corrected chi connectivity index (χ0v) is 14.7. The van der Waals surface area contributed by atoms with Crippen molar-refractivity contribution in [2.24, 2.45) is 0 Å². The van der Waals surface area contributed by atoms with E-state index in [2.05, 4.69) is 4.72 Å². The van der Waals surface area contributed by atoms with E-state index in [0.29, 0.717) is 17.8 Å². The second-order valence-electron chi connectivity index (χ2n) is 6.40. The quantitative estimate of drug-likeness (QED) is 0.462. The summed E-state index contributed by atoms with van der Waals surface area (Å²) in [4.78, 5) is 1.76. The first-order valence-electron chi connectivity index (χ1n) is 8.04. The Morgan fingerprint density at radius 3 is 2.54 bits per heavy atom. The summed E-state index contributed by atoms with van der Waals surface area (Å²) in [5, 5.41) is 0. The topological polar surface area (TPSA) is 35.5 Å². The van der Waals surface area contributed by atoms with Crippen LogP contribution >= 0.6 is 12.2 Å². The fraction of sp³-hybridized carbons (Fsp3) is 0.333. The molecule has 2 aromatic rings. The molecular weight excluding hydrogens is 368 g/mol. The lowest BCUT2D eigenvalue weighted by molar-refractivity contribution is 0.288. The summed E-state index contributed by atoms with van der Waals surface area (Å²) in [6.45, 7) is 0.166. The molecular formula is C18H18F4N2OS. The molecule has 2 N–H and O–H groups in total. The van der Waals surface area contributed by atoms with Crippen molar-refractivity contribution in [2.45, 2.75) is 24.7 Å². The summed E-state index contributed by atoms with van der Waals surface area (Å²) in [5.41, 5.74) is 0.498. The molecule has 3 atom stereocenters. The van der Waals surface area contributed by atoms with E-state index in [1.165, 1.54) is 6.07 Å². The Labute approximate surface area is 153 Å². The molecule has 0 amide bonds. The van der Waals surface area contributed by atoms with E-state index < -0.39 is 29.7 Å². The molecule has 1 heterocycles. The number of likely N-dealkylation sites (tertiary alicyclic amines) is 1. The van der Waals surface area contributed by atoms with Crippen LogP contribution in [0.2, 0.25) is 0 Å². The molecule has 0 saturated carbocycles. The molecule has 2 aromatic carbocycles. The van der Waals surface area contributed by atoms with E-state index in [1.54, 1.807) is 24.1 Å². The first kappa shape index (κ1) is 19.2. The number of benzene rings is 2. The molecule has 0 aliphatic carbocycles. The van der Waals surface area contributed by atoms with Crippen LogP contribution in [0, 0.1) is 17.5 Å². The molecule has 1 aliphatic heterocycles. The molecule has 0 aromatic heterocycles. The van der Waals surface area contributed by atoms with Crippen molar-refractivity contribution in [3.63, 3.8) is 0 Å². The molecule has 3 rings (SSSR count). The van der Waals surface area contributed by atoms with Crippen LogP contribution in [-0.4, -0.2) is 41.3 Å². The smallest absolute Gasteiger partial charge is 0.134 e. The van der Waals surface area contributed by atoms with Gasteiger partial charge in [-0.2, -0.15) is 0 Å². The highest BCUT2D eigenvalue weighted by atomic mass is 32.2. The third kappa shape index (κ3) is 3.88. The van der Waals surface area contributed by atoms with E-state index in [9.17, 15) is 17.6 Å². The maximum absolute atomic E-state index is 15.0. The molecule has 3 nitrogen and oxygen atoms in total. The van der Waals surface area contributed by atoms with Crippen LogP contribution in [0.1, 0.15) is 5.56 Å². The number of halogens is 4. The van der Waals surface area contributed by atoms with Crippen molar-refractivity contribution >= 4 is 12.2 Å². The monoisotopic (exact) mass is 386 g/mol. The van der Waals surface area contributed by atoms with Crippen LogP contribution in [0.4, 0.5) is 17.6 Å². The average molecular weight is 386 g/mol. The van der Waals surface area contributed by atoms with Gasteiger partial charge in [0.25, 0.3) is 0 Å². The lowest BCUT2D eigenvalue weighted by atomic mass is 9.95. The second-order valence-corrected chi connectivity index (χ2v) is 6.82. The predicted molar refractivity (Wildman–Crippen MR) is 93.9 cm³/mol. The van der Waals surface area contributed by atoms with Crippen LogP contribution in [0.5, 0.6) is 0 Å². The predicted octanol–water partition coefficient (Wildman–Crippen LogP) is 4.04. The molecule has 1 aliphatic rings. The van der Waals surface area contributed by atoms with Crippen molar-refractivity contribution in [2.75, 3.05) is 13.6 Å². The van der Waals surface area contributed by atoms with E-state index in [0.717, 1.165) is 18.2 Å². The normalized spacial score (nSPS) is 23.5. The number of likely N-dealkylation sites (N-methyl/N-ethyl adjacent to an activating group) is 1. The van der Waals surface area contributed by atoms with E-state index in [4.69, 9.17) is 4.55 Å². The summed E-state index contributed by atoms with van der Waals surface area (Å²) >= 11 is 0.333. The zero-order valence-electron chi connectivity index (χ0n) is 13.9. The Kier molecular flexibility index (Phi) is 5.86. The zero-order chi connectivity index (χ0) is 18.8. The van der Waals surface area contributed by atoms with Crippen LogP contribution in [-0.2, 0) is 6.42 Å². The fourth-order valence-electron chi connectivity index (χ4n) is 3.43. The van der Waals surface area contributed by atoms with Gasteiger partial charge in [-0.25, -0.2) is 22.3 Å². The fourth-order valence-corrected chi connectivity index (χ4v) is 3.86. The van der Waals surface area contributed by atoms with Gasteiger partial charge in [0.05, 0.1) is 18.3 Å². The van der Waals surface area contributed by atoms with Gasteiger partial charge in [0.1, 0.15) is 23.6 Å². The molecule has 26 heavy (non-hydrogen) atoms. The van der Waals surface area contributed by atoms with Gasteiger partial charge in [-0.15, -0.1) is 0 Å². The average Bonchev–Trinajstić information content (AvgIpc) is 2.83. The van der Waals surface area contributed by atoms with E-state index >= 15 is 0 Å². The van der Waals surface area contributed by atoms with Gasteiger partial charge in [-0.05, 0) is 36.7 Å². The maximum Gasteiger partial charge on any atom is 0.134 e. The highest BCUT2D eigenvalue weighted by Crippen LogP contribution is 2.30. The Balaban J connectivity index is 1.92. The second kappa shape index (κ2) is 7.96. The van der Waals surface area contributed by atoms with Gasteiger partial charge in [0, 0.05) is 24.2 Å². The van der Waals surface area contributed by atoms with Gasteiger partial charge >= 0.3 is 0 Å². The van der Waals surface area contributed by atoms with Crippen molar-refractivity contribution < 1.29 is 22.1 Å². The summed E-state index contributed by atoms with van der Waals surface area (Å²) in [6.07, 6.45) is -1.01. The van der Waals surface area contributed by atoms with Crippen molar-refractivity contribution in [3.05, 3.63) is 59.4 Å². The van der Waals surface area contributed by atoms with Crippen molar-refractivity contribution in [1.29, 1.82) is 0 Å². The molecule has 1 fully saturated rings. The van der Waals surface area contributed by atoms with Crippen LogP contribution in [0.3, 0.4) is 0 Å². The molecule has 0 bridgehead atoms. The lowest BCUT2D eigenvalue weighted by Crippen LogP contribution is -2.42. The summed E-state index contributed by atoms with van der Waals surface area (Å²) < 4.78 is 67.6. The van der Waals surface area contributed by atoms with Gasteiger partial charge in [0.2, 0.25) is 0 Å². The number of rotatable bonds is 5. The third-order valence-corrected chi connectivity index (χ3v) is 5.08. The van der Waals surface area contributed by atoms with E-state index in [1.807, 2.05) is 0 Å². The number of nitrogens with zero attached hydrogens (tertiary/aromatic N) is 1. The molecule has 140 valence electrons. The summed E-state index contributed by atoms with van der Waals surface area (Å²) in [5.74, 6) is -2.17. The summed E-state index contributed by atoms with van der Waals surface area (Å²) in [7, 11) is 1.73. The Bertz CT molecular complexity index is 772. The first-order valence-corrected chi connectivity index (χ1v) is 8.82. The Morgan fingerprint density at radius 2 is 1.88 bits per heavy atom. The number of hydrogen-bond acceptors (Lipinski definition) is 4. The SMILES string of the molecule is CN1CC(F)C(NSO)C1Cc1cccc(-c2cc(F)cc(F)c2)c1F. The van der Waals surface area contributed by atoms with Gasteiger partial charge < -0.3 is 4.55 Å². The number of alkyl halides is 1. The molecule has 1 saturated heterocycles. The Morgan fingerprint density at radius 1 is 1.19 bits per heavy atom. The number of hydrogen-bond donors (Lipinski definition) is 2. The first-order chi connectivity index (χ1) is 12.4. The number of nitrogens with one attached hydrogen (secondary N) is 1. The van der Waals surface area contributed by atoms with Crippen molar-refractivity contribution in [1.82, 2.24) is 9.62 Å². The minimum absolute atomic E-state index is 0.0828. The largest absolute Gasteiger partial charge is 0.317 e. The van der Waals surface area contributed by atoms with Crippen LogP contribution < -0.4 is 4.72 Å². The van der Waals surface area contributed by atoms with E-state index in [-0.39, 0.29) is 30.1 Å². The maximum atomic E-state index is 15.0.